The highest BCUT2D eigenvalue weighted by Crippen LogP contribution is 2.43. The van der Waals surface area contributed by atoms with Crippen LogP contribution >= 0.6 is 0 Å². The van der Waals surface area contributed by atoms with Crippen LogP contribution in [0.1, 0.15) is 48.3 Å². The van der Waals surface area contributed by atoms with Crippen molar-refractivity contribution in [3.63, 3.8) is 0 Å². The van der Waals surface area contributed by atoms with Crippen LogP contribution in [0.2, 0.25) is 0 Å². The summed E-state index contributed by atoms with van der Waals surface area (Å²) in [7, 11) is 0. The zero-order valence-electron chi connectivity index (χ0n) is 16.6. The zero-order chi connectivity index (χ0) is 19.7. The molecule has 0 spiro atoms. The van der Waals surface area contributed by atoms with Crippen LogP contribution in [0.4, 0.5) is 5.69 Å². The molecule has 0 aliphatic carbocycles. The Labute approximate surface area is 166 Å². The second-order valence-corrected chi connectivity index (χ2v) is 8.15. The van der Waals surface area contributed by atoms with Gasteiger partial charge in [-0.3, -0.25) is 9.69 Å². The maximum Gasteiger partial charge on any atom is 0.259 e. The molecule has 1 aliphatic rings. The van der Waals surface area contributed by atoms with Gasteiger partial charge in [-0.2, -0.15) is 0 Å². The van der Waals surface area contributed by atoms with E-state index in [9.17, 15) is 4.79 Å². The first-order valence-corrected chi connectivity index (χ1v) is 9.68. The molecular formula is C25H25NO2. The number of hydrogen-bond donors (Lipinski definition) is 0. The van der Waals surface area contributed by atoms with Crippen LogP contribution < -0.4 is 9.64 Å². The average molecular weight is 371 g/mol. The lowest BCUT2D eigenvalue weighted by Crippen LogP contribution is -2.31. The fourth-order valence-electron chi connectivity index (χ4n) is 3.78. The number of hydrogen-bond acceptors (Lipinski definition) is 2. The number of amides is 1. The Bertz CT molecular complexity index is 989. The lowest BCUT2D eigenvalue weighted by atomic mass is 9.98. The Morgan fingerprint density at radius 2 is 1.50 bits per heavy atom. The second-order valence-electron chi connectivity index (χ2n) is 8.15. The van der Waals surface area contributed by atoms with Gasteiger partial charge in [0.15, 0.2) is 0 Å². The van der Waals surface area contributed by atoms with Crippen molar-refractivity contribution in [2.24, 2.45) is 0 Å². The number of fused-ring (bicyclic) bond motifs is 1. The minimum Gasteiger partial charge on any atom is -0.486 e. The molecule has 3 aromatic rings. The molecule has 0 bridgehead atoms. The lowest BCUT2D eigenvalue weighted by molar-refractivity contribution is 0.0984. The number of para-hydroxylation sites is 2. The van der Waals surface area contributed by atoms with Crippen LogP contribution in [-0.4, -0.2) is 11.5 Å². The van der Waals surface area contributed by atoms with Gasteiger partial charge in [-0.25, -0.2) is 0 Å². The summed E-state index contributed by atoms with van der Waals surface area (Å²) in [5.74, 6) is 0.760. The van der Waals surface area contributed by atoms with Gasteiger partial charge in [0.2, 0.25) is 0 Å². The third kappa shape index (κ3) is 3.53. The van der Waals surface area contributed by atoms with Gasteiger partial charge in [-0.05, 0) is 56.5 Å². The average Bonchev–Trinajstić information content (AvgIpc) is 2.94. The van der Waals surface area contributed by atoms with Crippen LogP contribution in [0, 0.1) is 0 Å². The summed E-state index contributed by atoms with van der Waals surface area (Å²) in [6, 6.07) is 26.0. The van der Waals surface area contributed by atoms with Gasteiger partial charge in [0, 0.05) is 5.56 Å². The SMILES string of the molecule is CC(C)(C)Oc1ccccc1N1C(=O)c2ccccc2[C@H]1Cc1ccccc1. The molecule has 0 N–H and O–H groups in total. The van der Waals surface area contributed by atoms with Crippen molar-refractivity contribution < 1.29 is 9.53 Å². The monoisotopic (exact) mass is 371 g/mol. The third-order valence-electron chi connectivity index (χ3n) is 4.89. The molecule has 1 aliphatic heterocycles. The molecule has 3 aromatic carbocycles. The summed E-state index contributed by atoms with van der Waals surface area (Å²) in [5, 5.41) is 0. The molecule has 0 aromatic heterocycles. The van der Waals surface area contributed by atoms with Crippen LogP contribution in [-0.2, 0) is 6.42 Å². The normalized spacial score (nSPS) is 16.2. The first kappa shape index (κ1) is 18.3. The Hall–Kier alpha value is -3.07. The van der Waals surface area contributed by atoms with Crippen LogP contribution in [0.25, 0.3) is 0 Å². The smallest absolute Gasteiger partial charge is 0.259 e. The minimum absolute atomic E-state index is 0.0292. The number of carbonyl (C=O) groups excluding carboxylic acids is 1. The quantitative estimate of drug-likeness (QED) is 0.579. The van der Waals surface area contributed by atoms with Gasteiger partial charge in [-0.15, -0.1) is 0 Å². The fraction of sp³-hybridized carbons (Fsp3) is 0.240. The number of anilines is 1. The van der Waals surface area contributed by atoms with Gasteiger partial charge < -0.3 is 4.74 Å². The highest BCUT2D eigenvalue weighted by Gasteiger charge is 2.38. The Kier molecular flexibility index (Phi) is 4.68. The number of carbonyl (C=O) groups is 1. The van der Waals surface area contributed by atoms with E-state index in [1.807, 2.05) is 86.3 Å². The number of benzene rings is 3. The highest BCUT2D eigenvalue weighted by atomic mass is 16.5. The fourth-order valence-corrected chi connectivity index (χ4v) is 3.78. The van der Waals surface area contributed by atoms with Gasteiger partial charge in [0.25, 0.3) is 5.91 Å². The van der Waals surface area contributed by atoms with E-state index in [1.54, 1.807) is 0 Å². The summed E-state index contributed by atoms with van der Waals surface area (Å²) in [6.45, 7) is 6.06. The molecule has 4 rings (SSSR count). The maximum atomic E-state index is 13.4. The summed E-state index contributed by atoms with van der Waals surface area (Å²) >= 11 is 0. The van der Waals surface area contributed by atoms with Crippen LogP contribution in [0.5, 0.6) is 5.75 Å². The van der Waals surface area contributed by atoms with Gasteiger partial charge in [0.1, 0.15) is 11.4 Å². The Morgan fingerprint density at radius 3 is 2.25 bits per heavy atom. The topological polar surface area (TPSA) is 29.5 Å². The van der Waals surface area contributed by atoms with Crippen molar-refractivity contribution >= 4 is 11.6 Å². The van der Waals surface area contributed by atoms with Crippen molar-refractivity contribution in [1.82, 2.24) is 0 Å². The van der Waals surface area contributed by atoms with Gasteiger partial charge in [-0.1, -0.05) is 60.7 Å². The predicted octanol–water partition coefficient (Wildman–Crippen LogP) is 5.81. The van der Waals surface area contributed by atoms with E-state index in [0.717, 1.165) is 29.0 Å². The molecule has 28 heavy (non-hydrogen) atoms. The van der Waals surface area contributed by atoms with E-state index < -0.39 is 0 Å². The molecule has 0 saturated heterocycles. The van der Waals surface area contributed by atoms with E-state index in [2.05, 4.69) is 18.2 Å². The van der Waals surface area contributed by atoms with Crippen molar-refractivity contribution in [3.8, 4) is 5.75 Å². The van der Waals surface area contributed by atoms with Gasteiger partial charge in [0.05, 0.1) is 11.7 Å². The predicted molar refractivity (Wildman–Crippen MR) is 113 cm³/mol. The largest absolute Gasteiger partial charge is 0.486 e. The van der Waals surface area contributed by atoms with E-state index in [4.69, 9.17) is 4.74 Å². The molecule has 0 radical (unpaired) electrons. The maximum absolute atomic E-state index is 13.4. The number of ether oxygens (including phenoxy) is 1. The summed E-state index contributed by atoms with van der Waals surface area (Å²) in [6.07, 6.45) is 0.757. The molecule has 1 amide bonds. The van der Waals surface area contributed by atoms with Gasteiger partial charge >= 0.3 is 0 Å². The standard InChI is InChI=1S/C25H25NO2/c1-25(2,3)28-23-16-10-9-15-21(23)26-22(17-18-11-5-4-6-12-18)19-13-7-8-14-20(19)24(26)27/h4-16,22H,17H2,1-3H3/t22-/m1/s1. The van der Waals surface area contributed by atoms with Crippen LogP contribution in [0.15, 0.2) is 78.9 Å². The lowest BCUT2D eigenvalue weighted by Gasteiger charge is -2.30. The summed E-state index contributed by atoms with van der Waals surface area (Å²) in [4.78, 5) is 15.3. The molecule has 3 heteroatoms. The first-order chi connectivity index (χ1) is 13.4. The summed E-state index contributed by atoms with van der Waals surface area (Å²) < 4.78 is 6.20. The molecule has 142 valence electrons. The first-order valence-electron chi connectivity index (χ1n) is 9.68. The molecule has 0 saturated carbocycles. The second kappa shape index (κ2) is 7.16. The van der Waals surface area contributed by atoms with E-state index in [1.165, 1.54) is 5.56 Å². The Balaban J connectivity index is 1.80. The minimum atomic E-state index is -0.347. The van der Waals surface area contributed by atoms with Crippen LogP contribution in [0.3, 0.4) is 0 Å². The molecule has 3 nitrogen and oxygen atoms in total. The number of rotatable bonds is 4. The zero-order valence-corrected chi connectivity index (χ0v) is 16.6. The Morgan fingerprint density at radius 1 is 0.857 bits per heavy atom. The van der Waals surface area contributed by atoms with Crippen molar-refractivity contribution in [1.29, 1.82) is 0 Å². The molecular weight excluding hydrogens is 346 g/mol. The molecule has 1 heterocycles. The molecule has 0 fully saturated rings. The van der Waals surface area contributed by atoms with Crippen molar-refractivity contribution in [2.75, 3.05) is 4.90 Å². The van der Waals surface area contributed by atoms with Crippen molar-refractivity contribution in [2.45, 2.75) is 38.8 Å². The number of nitrogens with zero attached hydrogens (tertiary/aromatic N) is 1. The summed E-state index contributed by atoms with van der Waals surface area (Å²) in [5.41, 5.74) is 3.52. The third-order valence-corrected chi connectivity index (χ3v) is 4.89. The van der Waals surface area contributed by atoms with E-state index in [-0.39, 0.29) is 17.6 Å². The highest BCUT2D eigenvalue weighted by molar-refractivity contribution is 6.11. The molecule has 0 unspecified atom stereocenters. The van der Waals surface area contributed by atoms with Crippen molar-refractivity contribution in [3.05, 3.63) is 95.6 Å². The molecule has 1 atom stereocenters. The van der Waals surface area contributed by atoms with E-state index in [0.29, 0.717) is 0 Å². The van der Waals surface area contributed by atoms with E-state index >= 15 is 0 Å².